The Labute approximate surface area is 108 Å². The fraction of sp³-hybridized carbons (Fsp3) is 0.625. The molecule has 4 fully saturated rings. The van der Waals surface area contributed by atoms with Crippen molar-refractivity contribution in [3.8, 4) is 6.07 Å². The maximum absolute atomic E-state index is 8.85. The molecule has 2 nitrogen and oxygen atoms in total. The Balaban J connectivity index is 1.66. The van der Waals surface area contributed by atoms with Crippen LogP contribution in [0.3, 0.4) is 0 Å². The van der Waals surface area contributed by atoms with Crippen molar-refractivity contribution in [3.05, 3.63) is 29.6 Å². The number of hydrogen-bond donors (Lipinski definition) is 0. The van der Waals surface area contributed by atoms with Crippen molar-refractivity contribution in [3.63, 3.8) is 0 Å². The van der Waals surface area contributed by atoms with Gasteiger partial charge in [0.25, 0.3) is 0 Å². The van der Waals surface area contributed by atoms with Crippen LogP contribution in [0.1, 0.15) is 49.3 Å². The quantitative estimate of drug-likeness (QED) is 0.751. The first kappa shape index (κ1) is 10.6. The van der Waals surface area contributed by atoms with Gasteiger partial charge in [0.15, 0.2) is 0 Å². The van der Waals surface area contributed by atoms with E-state index in [0.717, 1.165) is 23.7 Å². The Morgan fingerprint density at radius 3 is 2.17 bits per heavy atom. The fourth-order valence-corrected chi connectivity index (χ4v) is 5.08. The number of nitrogens with zero attached hydrogens (tertiary/aromatic N) is 2. The lowest BCUT2D eigenvalue weighted by Gasteiger charge is -2.54. The molecule has 0 saturated heterocycles. The first-order valence-corrected chi connectivity index (χ1v) is 7.19. The van der Waals surface area contributed by atoms with E-state index in [1.54, 1.807) is 6.20 Å². The number of nitriles is 1. The minimum absolute atomic E-state index is 0.683. The van der Waals surface area contributed by atoms with E-state index in [-0.39, 0.29) is 0 Å². The molecule has 0 N–H and O–H groups in total. The zero-order chi connectivity index (χ0) is 12.1. The van der Waals surface area contributed by atoms with Crippen molar-refractivity contribution < 1.29 is 0 Å². The van der Waals surface area contributed by atoms with Crippen molar-refractivity contribution >= 4 is 0 Å². The summed E-state index contributed by atoms with van der Waals surface area (Å²) in [5.74, 6) is 4.47. The standard InChI is InChI=1S/C16H18N2/c17-8-10-1-2-15(18-9-10)16-13-4-11-3-12(6-13)7-14(16)5-11/h1-2,9,11-14,16H,3-7H2. The molecule has 0 radical (unpaired) electrons. The molecule has 2 heteroatoms. The summed E-state index contributed by atoms with van der Waals surface area (Å²) in [6.45, 7) is 0. The molecule has 0 amide bonds. The van der Waals surface area contributed by atoms with Gasteiger partial charge in [-0.05, 0) is 67.9 Å². The Hall–Kier alpha value is -1.36. The van der Waals surface area contributed by atoms with E-state index in [2.05, 4.69) is 17.1 Å². The molecule has 0 spiro atoms. The third kappa shape index (κ3) is 1.50. The Morgan fingerprint density at radius 1 is 1.00 bits per heavy atom. The van der Waals surface area contributed by atoms with Crippen LogP contribution < -0.4 is 0 Å². The molecule has 1 aromatic rings. The fourth-order valence-electron chi connectivity index (χ4n) is 5.08. The van der Waals surface area contributed by atoms with Crippen LogP contribution in [0.15, 0.2) is 18.3 Å². The Kier molecular flexibility index (Phi) is 2.24. The predicted octanol–water partition coefficient (Wildman–Crippen LogP) is 3.49. The van der Waals surface area contributed by atoms with Gasteiger partial charge >= 0.3 is 0 Å². The maximum atomic E-state index is 8.85. The second kappa shape index (κ2) is 3.82. The highest BCUT2D eigenvalue weighted by molar-refractivity contribution is 5.28. The second-order valence-corrected chi connectivity index (χ2v) is 6.54. The Morgan fingerprint density at radius 2 is 1.67 bits per heavy atom. The van der Waals surface area contributed by atoms with E-state index in [0.29, 0.717) is 11.5 Å². The lowest BCUT2D eigenvalue weighted by Crippen LogP contribution is -2.44. The zero-order valence-corrected chi connectivity index (χ0v) is 10.5. The summed E-state index contributed by atoms with van der Waals surface area (Å²) in [7, 11) is 0. The molecule has 0 aromatic carbocycles. The van der Waals surface area contributed by atoms with Gasteiger partial charge in [-0.15, -0.1) is 0 Å². The van der Waals surface area contributed by atoms with Gasteiger partial charge in [0, 0.05) is 17.8 Å². The van der Waals surface area contributed by atoms with Crippen LogP contribution in [0, 0.1) is 35.0 Å². The molecule has 4 bridgehead atoms. The second-order valence-electron chi connectivity index (χ2n) is 6.54. The first-order chi connectivity index (χ1) is 8.83. The van der Waals surface area contributed by atoms with E-state index in [1.807, 2.05) is 6.07 Å². The average molecular weight is 238 g/mol. The molecule has 92 valence electrons. The lowest BCUT2D eigenvalue weighted by atomic mass is 9.51. The maximum Gasteiger partial charge on any atom is 0.101 e. The van der Waals surface area contributed by atoms with Crippen LogP contribution in [0.2, 0.25) is 0 Å². The van der Waals surface area contributed by atoms with Gasteiger partial charge in [-0.3, -0.25) is 4.98 Å². The first-order valence-electron chi connectivity index (χ1n) is 7.19. The summed E-state index contributed by atoms with van der Waals surface area (Å²) in [5.41, 5.74) is 1.94. The lowest BCUT2D eigenvalue weighted by molar-refractivity contribution is -0.00415. The number of hydrogen-bond acceptors (Lipinski definition) is 2. The molecule has 4 aliphatic carbocycles. The van der Waals surface area contributed by atoms with E-state index in [1.165, 1.54) is 37.8 Å². The van der Waals surface area contributed by atoms with E-state index < -0.39 is 0 Å². The summed E-state index contributed by atoms with van der Waals surface area (Å²) >= 11 is 0. The van der Waals surface area contributed by atoms with Crippen LogP contribution in [-0.2, 0) is 0 Å². The van der Waals surface area contributed by atoms with Crippen LogP contribution in [0.5, 0.6) is 0 Å². The molecule has 1 aromatic heterocycles. The molecule has 0 aliphatic heterocycles. The third-order valence-electron chi connectivity index (χ3n) is 5.48. The highest BCUT2D eigenvalue weighted by Gasteiger charge is 2.48. The van der Waals surface area contributed by atoms with Crippen LogP contribution in [0.4, 0.5) is 0 Å². The smallest absolute Gasteiger partial charge is 0.101 e. The van der Waals surface area contributed by atoms with Gasteiger partial charge < -0.3 is 0 Å². The molecular weight excluding hydrogens is 220 g/mol. The molecule has 18 heavy (non-hydrogen) atoms. The van der Waals surface area contributed by atoms with Gasteiger partial charge in [0.1, 0.15) is 6.07 Å². The molecule has 4 aliphatic rings. The number of pyridine rings is 1. The monoisotopic (exact) mass is 238 g/mol. The van der Waals surface area contributed by atoms with Crippen LogP contribution >= 0.6 is 0 Å². The van der Waals surface area contributed by atoms with E-state index in [4.69, 9.17) is 5.26 Å². The van der Waals surface area contributed by atoms with E-state index in [9.17, 15) is 0 Å². The summed E-state index contributed by atoms with van der Waals surface area (Å²) in [4.78, 5) is 4.57. The summed E-state index contributed by atoms with van der Waals surface area (Å²) in [6, 6.07) is 6.20. The molecule has 0 atom stereocenters. The minimum atomic E-state index is 0.683. The molecule has 4 saturated carbocycles. The number of aromatic nitrogens is 1. The zero-order valence-electron chi connectivity index (χ0n) is 10.5. The Bertz CT molecular complexity index is 469. The van der Waals surface area contributed by atoms with Gasteiger partial charge in [0.05, 0.1) is 5.56 Å². The highest BCUT2D eigenvalue weighted by atomic mass is 14.7. The topological polar surface area (TPSA) is 36.7 Å². The SMILES string of the molecule is N#Cc1ccc(C2C3CC4CC(C3)CC2C4)nc1. The molecule has 1 heterocycles. The van der Waals surface area contributed by atoms with Gasteiger partial charge in [-0.2, -0.15) is 5.26 Å². The normalized spacial score (nSPS) is 40.7. The van der Waals surface area contributed by atoms with Crippen LogP contribution in [-0.4, -0.2) is 4.98 Å². The van der Waals surface area contributed by atoms with Crippen molar-refractivity contribution in [1.29, 1.82) is 5.26 Å². The largest absolute Gasteiger partial charge is 0.260 e. The van der Waals surface area contributed by atoms with Crippen molar-refractivity contribution in [2.45, 2.75) is 38.0 Å². The van der Waals surface area contributed by atoms with Crippen molar-refractivity contribution in [2.24, 2.45) is 23.7 Å². The average Bonchev–Trinajstić information content (AvgIpc) is 2.38. The van der Waals surface area contributed by atoms with Crippen LogP contribution in [0.25, 0.3) is 0 Å². The van der Waals surface area contributed by atoms with Gasteiger partial charge in [0.2, 0.25) is 0 Å². The van der Waals surface area contributed by atoms with Gasteiger partial charge in [-0.1, -0.05) is 0 Å². The third-order valence-corrected chi connectivity index (χ3v) is 5.48. The summed E-state index contributed by atoms with van der Waals surface area (Å²) < 4.78 is 0. The van der Waals surface area contributed by atoms with Crippen molar-refractivity contribution in [2.75, 3.05) is 0 Å². The summed E-state index contributed by atoms with van der Waals surface area (Å²) in [6.07, 6.45) is 8.97. The molecular formula is C16H18N2. The highest BCUT2D eigenvalue weighted by Crippen LogP contribution is 2.59. The van der Waals surface area contributed by atoms with Gasteiger partial charge in [-0.25, -0.2) is 0 Å². The molecule has 5 rings (SSSR count). The predicted molar refractivity (Wildman–Crippen MR) is 68.7 cm³/mol. The van der Waals surface area contributed by atoms with E-state index >= 15 is 0 Å². The van der Waals surface area contributed by atoms with Crippen molar-refractivity contribution in [1.82, 2.24) is 4.98 Å². The summed E-state index contributed by atoms with van der Waals surface area (Å²) in [5, 5.41) is 8.85. The molecule has 0 unspecified atom stereocenters. The minimum Gasteiger partial charge on any atom is -0.260 e. The number of rotatable bonds is 1.